The van der Waals surface area contributed by atoms with Gasteiger partial charge in [0.25, 0.3) is 0 Å². The van der Waals surface area contributed by atoms with Gasteiger partial charge in [0, 0.05) is 36.6 Å². The van der Waals surface area contributed by atoms with Crippen molar-refractivity contribution >= 4 is 28.9 Å². The molecule has 6 nitrogen and oxygen atoms in total. The van der Waals surface area contributed by atoms with Gasteiger partial charge in [0.05, 0.1) is 11.6 Å². The number of nitrogens with one attached hydrogen (secondary N) is 1. The SMILES string of the molecule is CN(C(=O)C=Cc1cccc(C#N)c1)[C@@H](Cc1c[nH]c2ccccc12)C(=O)O. The van der Waals surface area contributed by atoms with Crippen LogP contribution in [0.5, 0.6) is 0 Å². The van der Waals surface area contributed by atoms with E-state index in [-0.39, 0.29) is 6.42 Å². The fourth-order valence-electron chi connectivity index (χ4n) is 3.05. The van der Waals surface area contributed by atoms with Crippen molar-refractivity contribution in [3.05, 3.63) is 77.5 Å². The number of carboxylic acids is 1. The first-order valence-corrected chi connectivity index (χ1v) is 8.72. The molecule has 0 unspecified atom stereocenters. The van der Waals surface area contributed by atoms with Crippen LogP contribution in [0.15, 0.2) is 60.8 Å². The number of para-hydroxylation sites is 1. The minimum absolute atomic E-state index is 0.194. The van der Waals surface area contributed by atoms with E-state index in [0.29, 0.717) is 11.1 Å². The molecule has 0 aliphatic rings. The number of hydrogen-bond acceptors (Lipinski definition) is 3. The first-order valence-electron chi connectivity index (χ1n) is 8.72. The maximum atomic E-state index is 12.5. The van der Waals surface area contributed by atoms with E-state index in [9.17, 15) is 14.7 Å². The van der Waals surface area contributed by atoms with E-state index in [0.717, 1.165) is 16.5 Å². The molecule has 0 fully saturated rings. The number of aliphatic carboxylic acids is 1. The predicted octanol–water partition coefficient (Wildman–Crippen LogP) is 3.21. The summed E-state index contributed by atoms with van der Waals surface area (Å²) >= 11 is 0. The maximum absolute atomic E-state index is 12.5. The third-order valence-corrected chi connectivity index (χ3v) is 4.62. The summed E-state index contributed by atoms with van der Waals surface area (Å²) in [6, 6.07) is 15.5. The maximum Gasteiger partial charge on any atom is 0.326 e. The summed E-state index contributed by atoms with van der Waals surface area (Å²) in [6.45, 7) is 0. The van der Waals surface area contributed by atoms with E-state index in [1.54, 1.807) is 36.5 Å². The zero-order chi connectivity index (χ0) is 20.1. The Labute approximate surface area is 162 Å². The Kier molecular flexibility index (Phi) is 5.56. The molecule has 0 aliphatic heterocycles. The molecule has 2 N–H and O–H groups in total. The molecule has 1 heterocycles. The van der Waals surface area contributed by atoms with Crippen LogP contribution in [-0.2, 0) is 16.0 Å². The van der Waals surface area contributed by atoms with E-state index in [1.165, 1.54) is 18.0 Å². The van der Waals surface area contributed by atoms with Gasteiger partial charge in [0.2, 0.25) is 5.91 Å². The number of carboxylic acid groups (broad SMARTS) is 1. The van der Waals surface area contributed by atoms with Gasteiger partial charge >= 0.3 is 5.97 Å². The summed E-state index contributed by atoms with van der Waals surface area (Å²) in [5.74, 6) is -1.49. The van der Waals surface area contributed by atoms with Crippen molar-refractivity contribution in [2.24, 2.45) is 0 Å². The number of hydrogen-bond donors (Lipinski definition) is 2. The highest BCUT2D eigenvalue weighted by atomic mass is 16.4. The molecule has 1 atom stereocenters. The quantitative estimate of drug-likeness (QED) is 0.648. The fourth-order valence-corrected chi connectivity index (χ4v) is 3.05. The Morgan fingerprint density at radius 3 is 2.79 bits per heavy atom. The van der Waals surface area contributed by atoms with E-state index in [1.807, 2.05) is 30.3 Å². The summed E-state index contributed by atoms with van der Waals surface area (Å²) < 4.78 is 0. The number of aromatic nitrogens is 1. The van der Waals surface area contributed by atoms with E-state index in [2.05, 4.69) is 4.98 Å². The van der Waals surface area contributed by atoms with Gasteiger partial charge in [0.1, 0.15) is 6.04 Å². The number of benzene rings is 2. The van der Waals surface area contributed by atoms with Crippen molar-refractivity contribution in [1.29, 1.82) is 5.26 Å². The molecule has 140 valence electrons. The van der Waals surface area contributed by atoms with E-state index < -0.39 is 17.9 Å². The largest absolute Gasteiger partial charge is 0.480 e. The molecule has 0 aliphatic carbocycles. The highest BCUT2D eigenvalue weighted by Crippen LogP contribution is 2.20. The third-order valence-electron chi connectivity index (χ3n) is 4.62. The van der Waals surface area contributed by atoms with Crippen LogP contribution in [0, 0.1) is 11.3 Å². The average molecular weight is 373 g/mol. The van der Waals surface area contributed by atoms with Crippen LogP contribution in [-0.4, -0.2) is 40.0 Å². The summed E-state index contributed by atoms with van der Waals surface area (Å²) in [5, 5.41) is 19.5. The van der Waals surface area contributed by atoms with Crippen molar-refractivity contribution in [2.75, 3.05) is 7.05 Å². The topological polar surface area (TPSA) is 97.2 Å². The van der Waals surface area contributed by atoms with Gasteiger partial charge < -0.3 is 15.0 Å². The second kappa shape index (κ2) is 8.23. The van der Waals surface area contributed by atoms with E-state index in [4.69, 9.17) is 5.26 Å². The smallest absolute Gasteiger partial charge is 0.326 e. The van der Waals surface area contributed by atoms with Crippen molar-refractivity contribution < 1.29 is 14.7 Å². The molecule has 28 heavy (non-hydrogen) atoms. The number of amides is 1. The molecule has 6 heteroatoms. The van der Waals surface area contributed by atoms with Gasteiger partial charge in [-0.25, -0.2) is 4.79 Å². The average Bonchev–Trinajstić information content (AvgIpc) is 3.12. The van der Waals surface area contributed by atoms with Gasteiger partial charge in [-0.15, -0.1) is 0 Å². The molecule has 2 aromatic carbocycles. The molecular formula is C22H19N3O3. The van der Waals surface area contributed by atoms with Crippen LogP contribution in [0.2, 0.25) is 0 Å². The van der Waals surface area contributed by atoms with Gasteiger partial charge in [-0.05, 0) is 35.4 Å². The highest BCUT2D eigenvalue weighted by Gasteiger charge is 2.26. The molecule has 3 aromatic rings. The molecule has 0 saturated carbocycles. The zero-order valence-electron chi connectivity index (χ0n) is 15.3. The van der Waals surface area contributed by atoms with Gasteiger partial charge in [-0.2, -0.15) is 5.26 Å². The van der Waals surface area contributed by atoms with Crippen molar-refractivity contribution in [3.63, 3.8) is 0 Å². The Bertz CT molecular complexity index is 1090. The Morgan fingerprint density at radius 1 is 1.25 bits per heavy atom. The van der Waals surface area contributed by atoms with Crippen LogP contribution in [0.1, 0.15) is 16.7 Å². The number of carbonyl (C=O) groups excluding carboxylic acids is 1. The molecule has 0 saturated heterocycles. The summed E-state index contributed by atoms with van der Waals surface area (Å²) in [7, 11) is 1.48. The molecule has 0 radical (unpaired) electrons. The molecule has 0 bridgehead atoms. The van der Waals surface area contributed by atoms with E-state index >= 15 is 0 Å². The van der Waals surface area contributed by atoms with Crippen LogP contribution in [0.25, 0.3) is 17.0 Å². The minimum atomic E-state index is -1.07. The number of carbonyl (C=O) groups is 2. The lowest BCUT2D eigenvalue weighted by atomic mass is 10.0. The number of H-pyrrole nitrogens is 1. The van der Waals surface area contributed by atoms with Crippen LogP contribution >= 0.6 is 0 Å². The Morgan fingerprint density at radius 2 is 2.04 bits per heavy atom. The van der Waals surface area contributed by atoms with Crippen molar-refractivity contribution in [2.45, 2.75) is 12.5 Å². The number of nitrogens with zero attached hydrogens (tertiary/aromatic N) is 2. The predicted molar refractivity (Wildman–Crippen MR) is 106 cm³/mol. The molecule has 1 aromatic heterocycles. The summed E-state index contributed by atoms with van der Waals surface area (Å²) in [4.78, 5) is 28.7. The first-order chi connectivity index (χ1) is 13.5. The first kappa shape index (κ1) is 18.9. The number of likely N-dealkylation sites (N-methyl/N-ethyl adjacent to an activating group) is 1. The number of nitriles is 1. The summed E-state index contributed by atoms with van der Waals surface area (Å²) in [5.41, 5.74) is 2.95. The van der Waals surface area contributed by atoms with Crippen LogP contribution in [0.4, 0.5) is 0 Å². The standard InChI is InChI=1S/C22H19N3O3/c1-25(21(26)10-9-15-5-4-6-16(11-15)13-23)20(22(27)28)12-17-14-24-19-8-3-2-7-18(17)19/h2-11,14,20,24H,12H2,1H3,(H,27,28)/t20-/m0/s1. The van der Waals surface area contributed by atoms with Crippen LogP contribution < -0.4 is 0 Å². The minimum Gasteiger partial charge on any atom is -0.480 e. The highest BCUT2D eigenvalue weighted by molar-refractivity contribution is 5.94. The second-order valence-corrected chi connectivity index (χ2v) is 6.44. The normalized spacial score (nSPS) is 12.0. The zero-order valence-corrected chi connectivity index (χ0v) is 15.3. The van der Waals surface area contributed by atoms with Crippen LogP contribution in [0.3, 0.4) is 0 Å². The number of aromatic amines is 1. The Hall–Kier alpha value is -3.85. The molecule has 0 spiro atoms. The Balaban J connectivity index is 1.77. The van der Waals surface area contributed by atoms with Gasteiger partial charge in [-0.3, -0.25) is 4.79 Å². The number of fused-ring (bicyclic) bond motifs is 1. The lowest BCUT2D eigenvalue weighted by molar-refractivity contribution is -0.147. The monoisotopic (exact) mass is 373 g/mol. The van der Waals surface area contributed by atoms with Gasteiger partial charge in [0.15, 0.2) is 0 Å². The summed E-state index contributed by atoms with van der Waals surface area (Å²) in [6.07, 6.45) is 4.87. The lowest BCUT2D eigenvalue weighted by Gasteiger charge is -2.23. The fraction of sp³-hybridized carbons (Fsp3) is 0.136. The molecule has 1 amide bonds. The second-order valence-electron chi connectivity index (χ2n) is 6.44. The van der Waals surface area contributed by atoms with Crippen molar-refractivity contribution in [1.82, 2.24) is 9.88 Å². The lowest BCUT2D eigenvalue weighted by Crippen LogP contribution is -2.43. The van der Waals surface area contributed by atoms with Crippen molar-refractivity contribution in [3.8, 4) is 6.07 Å². The molecular weight excluding hydrogens is 354 g/mol. The number of rotatable bonds is 6. The third kappa shape index (κ3) is 4.10. The molecule has 3 rings (SSSR count). The van der Waals surface area contributed by atoms with Gasteiger partial charge in [-0.1, -0.05) is 30.3 Å².